The van der Waals surface area contributed by atoms with E-state index in [0.717, 1.165) is 46.1 Å². The molecule has 5 rings (SSSR count). The number of hydrogen-bond donors (Lipinski definition) is 1. The Morgan fingerprint density at radius 1 is 1.08 bits per heavy atom. The van der Waals surface area contributed by atoms with Crippen molar-refractivity contribution in [3.8, 4) is 28.4 Å². The van der Waals surface area contributed by atoms with Gasteiger partial charge in [0, 0.05) is 23.4 Å². The lowest BCUT2D eigenvalue weighted by molar-refractivity contribution is 0.0994. The number of aromatic nitrogens is 4. The van der Waals surface area contributed by atoms with Gasteiger partial charge in [-0.05, 0) is 63.9 Å². The summed E-state index contributed by atoms with van der Waals surface area (Å²) in [5.74, 6) is 2.57. The van der Waals surface area contributed by atoms with Crippen LogP contribution in [0.2, 0.25) is 5.02 Å². The quantitative estimate of drug-likeness (QED) is 0.288. The number of nitrogens with zero attached hydrogens (tertiary/aromatic N) is 5. The zero-order valence-corrected chi connectivity index (χ0v) is 23.1. The lowest BCUT2D eigenvalue weighted by Gasteiger charge is -2.22. The van der Waals surface area contributed by atoms with E-state index in [1.165, 1.54) is 5.56 Å². The van der Waals surface area contributed by atoms with Gasteiger partial charge in [-0.25, -0.2) is 9.97 Å². The van der Waals surface area contributed by atoms with Gasteiger partial charge in [0.1, 0.15) is 23.9 Å². The SMILES string of the molecule is CCC[C@@H](O)COc1ccc(Cl)c(-c2nc(-c3c(C)noc3C)c(C)c(N3Cc4ccc(C)nc4C3)n2)c1. The fraction of sp³-hybridized carbons (Fsp3) is 0.379. The van der Waals surface area contributed by atoms with Crippen LogP contribution >= 0.6 is 11.6 Å². The van der Waals surface area contributed by atoms with Gasteiger partial charge in [-0.2, -0.15) is 0 Å². The van der Waals surface area contributed by atoms with E-state index < -0.39 is 6.10 Å². The van der Waals surface area contributed by atoms with Crippen LogP contribution in [0.15, 0.2) is 34.9 Å². The first-order chi connectivity index (χ1) is 18.2. The monoisotopic (exact) mass is 533 g/mol. The maximum atomic E-state index is 10.1. The van der Waals surface area contributed by atoms with Gasteiger partial charge in [0.2, 0.25) is 0 Å². The Labute approximate surface area is 227 Å². The van der Waals surface area contributed by atoms with Crippen molar-refractivity contribution in [2.24, 2.45) is 0 Å². The smallest absolute Gasteiger partial charge is 0.163 e. The molecule has 3 aromatic heterocycles. The molecule has 0 saturated heterocycles. The number of fused-ring (bicyclic) bond motifs is 1. The Balaban J connectivity index is 1.60. The molecule has 1 aromatic carbocycles. The van der Waals surface area contributed by atoms with E-state index in [0.29, 0.717) is 47.4 Å². The van der Waals surface area contributed by atoms with Crippen LogP contribution < -0.4 is 9.64 Å². The topological polar surface area (TPSA) is 97.4 Å². The van der Waals surface area contributed by atoms with Crippen LogP contribution in [-0.2, 0) is 13.1 Å². The summed E-state index contributed by atoms with van der Waals surface area (Å²) >= 11 is 6.69. The van der Waals surface area contributed by atoms with Crippen LogP contribution in [0.3, 0.4) is 0 Å². The molecule has 0 saturated carbocycles. The molecule has 9 heteroatoms. The number of benzene rings is 1. The molecule has 38 heavy (non-hydrogen) atoms. The second kappa shape index (κ2) is 10.7. The third-order valence-electron chi connectivity index (χ3n) is 6.84. The second-order valence-corrected chi connectivity index (χ2v) is 10.3. The lowest BCUT2D eigenvalue weighted by atomic mass is 10.0. The summed E-state index contributed by atoms with van der Waals surface area (Å²) in [5, 5.41) is 14.8. The molecule has 4 heterocycles. The van der Waals surface area contributed by atoms with Crippen LogP contribution in [0.4, 0.5) is 5.82 Å². The highest BCUT2D eigenvalue weighted by atomic mass is 35.5. The maximum absolute atomic E-state index is 10.1. The first-order valence-corrected chi connectivity index (χ1v) is 13.3. The maximum Gasteiger partial charge on any atom is 0.163 e. The fourth-order valence-corrected chi connectivity index (χ4v) is 5.09. The minimum Gasteiger partial charge on any atom is -0.491 e. The number of pyridine rings is 1. The summed E-state index contributed by atoms with van der Waals surface area (Å²) in [4.78, 5) is 17.0. The minimum absolute atomic E-state index is 0.206. The molecule has 0 unspecified atom stereocenters. The van der Waals surface area contributed by atoms with Crippen LogP contribution in [-0.4, -0.2) is 37.9 Å². The Morgan fingerprint density at radius 3 is 2.63 bits per heavy atom. The van der Waals surface area contributed by atoms with Crippen LogP contribution in [0.25, 0.3) is 22.6 Å². The number of ether oxygens (including phenoxy) is 1. The third kappa shape index (κ3) is 5.11. The predicted octanol–water partition coefficient (Wildman–Crippen LogP) is 6.14. The molecule has 0 spiro atoms. The summed E-state index contributed by atoms with van der Waals surface area (Å²) < 4.78 is 11.4. The first kappa shape index (κ1) is 26.1. The Hall–Kier alpha value is -3.49. The van der Waals surface area contributed by atoms with Crippen LogP contribution in [0, 0.1) is 27.7 Å². The van der Waals surface area contributed by atoms with Gasteiger partial charge in [0.05, 0.1) is 40.3 Å². The normalized spacial score (nSPS) is 13.6. The Bertz CT molecular complexity index is 1470. The number of halogens is 1. The largest absolute Gasteiger partial charge is 0.491 e. The zero-order valence-electron chi connectivity index (χ0n) is 22.4. The zero-order chi connectivity index (χ0) is 27.0. The van der Waals surface area contributed by atoms with E-state index in [2.05, 4.69) is 16.1 Å². The highest BCUT2D eigenvalue weighted by molar-refractivity contribution is 6.33. The average Bonchev–Trinajstić information content (AvgIpc) is 3.46. The highest BCUT2D eigenvalue weighted by Gasteiger charge is 2.27. The first-order valence-electron chi connectivity index (χ1n) is 12.9. The van der Waals surface area contributed by atoms with Crippen molar-refractivity contribution >= 4 is 17.4 Å². The highest BCUT2D eigenvalue weighted by Crippen LogP contribution is 2.38. The van der Waals surface area contributed by atoms with Crippen LogP contribution in [0.1, 0.15) is 53.7 Å². The molecule has 0 amide bonds. The average molecular weight is 534 g/mol. The summed E-state index contributed by atoms with van der Waals surface area (Å²) in [6.07, 6.45) is 1.04. The van der Waals surface area contributed by atoms with Crippen molar-refractivity contribution < 1.29 is 14.4 Å². The van der Waals surface area contributed by atoms with Crippen LogP contribution in [0.5, 0.6) is 5.75 Å². The molecule has 8 nitrogen and oxygen atoms in total. The van der Waals surface area contributed by atoms with E-state index in [-0.39, 0.29) is 6.61 Å². The van der Waals surface area contributed by atoms with E-state index in [4.69, 9.17) is 35.8 Å². The number of hydrogen-bond acceptors (Lipinski definition) is 8. The molecule has 0 bridgehead atoms. The van der Waals surface area contributed by atoms with E-state index in [9.17, 15) is 5.11 Å². The summed E-state index contributed by atoms with van der Waals surface area (Å²) in [6.45, 7) is 11.4. The molecule has 1 N–H and O–H groups in total. The molecule has 0 radical (unpaired) electrons. The molecular formula is C29H32ClN5O3. The van der Waals surface area contributed by atoms with E-state index in [1.54, 1.807) is 12.1 Å². The number of aliphatic hydroxyl groups excluding tert-OH is 1. The summed E-state index contributed by atoms with van der Waals surface area (Å²) in [7, 11) is 0. The molecule has 0 fully saturated rings. The van der Waals surface area contributed by atoms with E-state index >= 15 is 0 Å². The van der Waals surface area contributed by atoms with Crippen molar-refractivity contribution in [1.82, 2.24) is 20.1 Å². The molecule has 1 aliphatic heterocycles. The lowest BCUT2D eigenvalue weighted by Crippen LogP contribution is -2.19. The van der Waals surface area contributed by atoms with Crippen molar-refractivity contribution in [3.63, 3.8) is 0 Å². The Morgan fingerprint density at radius 2 is 1.89 bits per heavy atom. The van der Waals surface area contributed by atoms with Gasteiger partial charge in [-0.3, -0.25) is 4.98 Å². The van der Waals surface area contributed by atoms with Crippen molar-refractivity contribution in [2.75, 3.05) is 11.5 Å². The van der Waals surface area contributed by atoms with Crippen molar-refractivity contribution in [1.29, 1.82) is 0 Å². The second-order valence-electron chi connectivity index (χ2n) is 9.85. The van der Waals surface area contributed by atoms with Crippen molar-refractivity contribution in [2.45, 2.75) is 66.7 Å². The van der Waals surface area contributed by atoms with E-state index in [1.807, 2.05) is 46.8 Å². The Kier molecular flexibility index (Phi) is 7.36. The van der Waals surface area contributed by atoms with Gasteiger partial charge < -0.3 is 19.3 Å². The van der Waals surface area contributed by atoms with Gasteiger partial charge in [0.25, 0.3) is 0 Å². The van der Waals surface area contributed by atoms with Gasteiger partial charge in [-0.1, -0.05) is 36.2 Å². The standard InChI is InChI=1S/C29H32ClN5O3/c1-6-7-21(36)15-37-22-10-11-24(30)23(12-22)28-32-27(26-18(4)34-38-19(26)5)17(3)29(33-28)35-13-20-9-8-16(2)31-25(20)14-35/h8-12,21,36H,6-7,13-15H2,1-5H3/t21-/m1/s1. The molecule has 4 aromatic rings. The number of anilines is 1. The molecular weight excluding hydrogens is 502 g/mol. The number of aliphatic hydroxyl groups is 1. The minimum atomic E-state index is -0.526. The summed E-state index contributed by atoms with van der Waals surface area (Å²) in [5.41, 5.74) is 7.18. The fourth-order valence-electron chi connectivity index (χ4n) is 4.88. The number of rotatable bonds is 8. The van der Waals surface area contributed by atoms with Gasteiger partial charge in [-0.15, -0.1) is 0 Å². The molecule has 1 atom stereocenters. The predicted molar refractivity (Wildman–Crippen MR) is 147 cm³/mol. The summed E-state index contributed by atoms with van der Waals surface area (Å²) in [6, 6.07) is 9.57. The number of aryl methyl sites for hydroxylation is 3. The van der Waals surface area contributed by atoms with Gasteiger partial charge in [0.15, 0.2) is 5.82 Å². The molecule has 198 valence electrons. The molecule has 1 aliphatic rings. The third-order valence-corrected chi connectivity index (χ3v) is 7.17. The van der Waals surface area contributed by atoms with Crippen molar-refractivity contribution in [3.05, 3.63) is 69.3 Å². The molecule has 0 aliphatic carbocycles. The van der Waals surface area contributed by atoms with Gasteiger partial charge >= 0.3 is 0 Å².